The molecular formula is C22H20BrNO4. The van der Waals surface area contributed by atoms with Gasteiger partial charge >= 0.3 is 5.97 Å². The Kier molecular flexibility index (Phi) is 4.19. The number of esters is 1. The number of fused-ring (bicyclic) bond motifs is 1. The number of hydrogen-bond acceptors (Lipinski definition) is 4. The summed E-state index contributed by atoms with van der Waals surface area (Å²) >= 11 is 3.64. The summed E-state index contributed by atoms with van der Waals surface area (Å²) in [5.74, 6) is 0.871. The predicted octanol–water partition coefficient (Wildman–Crippen LogP) is 4.30. The van der Waals surface area contributed by atoms with Gasteiger partial charge in [-0.3, -0.25) is 9.59 Å². The summed E-state index contributed by atoms with van der Waals surface area (Å²) in [6, 6.07) is 15.1. The van der Waals surface area contributed by atoms with Gasteiger partial charge in [0, 0.05) is 11.6 Å². The number of carbonyl (C=O) groups is 2. The Labute approximate surface area is 171 Å². The van der Waals surface area contributed by atoms with Crippen LogP contribution in [0.15, 0.2) is 48.5 Å². The minimum absolute atomic E-state index is 0.0653. The van der Waals surface area contributed by atoms with Crippen molar-refractivity contribution in [1.82, 2.24) is 0 Å². The molecule has 2 saturated carbocycles. The highest BCUT2D eigenvalue weighted by Crippen LogP contribution is 2.60. The molecule has 0 spiro atoms. The van der Waals surface area contributed by atoms with E-state index in [-0.39, 0.29) is 46.5 Å². The largest absolute Gasteiger partial charge is 0.461 e. The molecule has 2 aliphatic carbocycles. The molecule has 1 saturated heterocycles. The molecule has 5 nitrogen and oxygen atoms in total. The van der Waals surface area contributed by atoms with Gasteiger partial charge in [-0.2, -0.15) is 0 Å². The molecule has 2 aromatic carbocycles. The van der Waals surface area contributed by atoms with Crippen molar-refractivity contribution in [3.63, 3.8) is 0 Å². The van der Waals surface area contributed by atoms with E-state index in [2.05, 4.69) is 21.2 Å². The molecule has 3 aliphatic rings. The molecular weight excluding hydrogens is 422 g/mol. The summed E-state index contributed by atoms with van der Waals surface area (Å²) in [5.41, 5.74) is 1.75. The summed E-state index contributed by atoms with van der Waals surface area (Å²) in [6.45, 7) is 2.00. The van der Waals surface area contributed by atoms with Gasteiger partial charge in [-0.05, 0) is 55.2 Å². The van der Waals surface area contributed by atoms with Gasteiger partial charge < -0.3 is 14.8 Å². The molecule has 1 aliphatic heterocycles. The van der Waals surface area contributed by atoms with Crippen LogP contribution in [0, 0.1) is 30.6 Å². The van der Waals surface area contributed by atoms with Gasteiger partial charge in [-0.1, -0.05) is 34.1 Å². The third-order valence-corrected chi connectivity index (χ3v) is 7.47. The highest BCUT2D eigenvalue weighted by atomic mass is 79.9. The third kappa shape index (κ3) is 2.73. The van der Waals surface area contributed by atoms with Crippen LogP contribution in [0.3, 0.4) is 0 Å². The van der Waals surface area contributed by atoms with Gasteiger partial charge in [0.2, 0.25) is 5.91 Å². The molecule has 0 aromatic heterocycles. The zero-order valence-corrected chi connectivity index (χ0v) is 16.9. The molecule has 6 atom stereocenters. The van der Waals surface area contributed by atoms with Crippen molar-refractivity contribution in [1.29, 1.82) is 0 Å². The maximum Gasteiger partial charge on any atom is 0.310 e. The SMILES string of the molecule is Cc1ccccc1Oc1ccc(NC(=O)[C@@H]2[C@H]3C[C@H]4[C@H](OC(=O)[C@@H]42)[C@H]3Br)cc1. The number of halogens is 1. The molecule has 1 N–H and O–H groups in total. The lowest BCUT2D eigenvalue weighted by atomic mass is 9.79. The lowest BCUT2D eigenvalue weighted by Gasteiger charge is -2.27. The third-order valence-electron chi connectivity index (χ3n) is 6.27. The van der Waals surface area contributed by atoms with Crippen molar-refractivity contribution in [3.05, 3.63) is 54.1 Å². The highest BCUT2D eigenvalue weighted by molar-refractivity contribution is 9.09. The van der Waals surface area contributed by atoms with Gasteiger partial charge in [-0.25, -0.2) is 0 Å². The van der Waals surface area contributed by atoms with E-state index in [4.69, 9.17) is 9.47 Å². The van der Waals surface area contributed by atoms with Crippen molar-refractivity contribution in [2.45, 2.75) is 24.3 Å². The Hall–Kier alpha value is -2.34. The minimum Gasteiger partial charge on any atom is -0.461 e. The van der Waals surface area contributed by atoms with Crippen LogP contribution in [0.25, 0.3) is 0 Å². The van der Waals surface area contributed by atoms with E-state index in [9.17, 15) is 9.59 Å². The molecule has 0 radical (unpaired) electrons. The molecule has 2 aromatic rings. The Morgan fingerprint density at radius 3 is 2.64 bits per heavy atom. The lowest BCUT2D eigenvalue weighted by Crippen LogP contribution is -2.40. The van der Waals surface area contributed by atoms with Crippen LogP contribution in [-0.2, 0) is 14.3 Å². The monoisotopic (exact) mass is 441 g/mol. The summed E-state index contributed by atoms with van der Waals surface area (Å²) in [5, 5.41) is 2.97. The number of aryl methyl sites for hydroxylation is 1. The first-order valence-corrected chi connectivity index (χ1v) is 10.4. The summed E-state index contributed by atoms with van der Waals surface area (Å²) in [6.07, 6.45) is 0.808. The Balaban J connectivity index is 1.28. The normalized spacial score (nSPS) is 32.3. The number of para-hydroxylation sites is 1. The molecule has 2 bridgehead atoms. The van der Waals surface area contributed by atoms with Gasteiger partial charge in [0.05, 0.1) is 16.7 Å². The molecule has 1 heterocycles. The van der Waals surface area contributed by atoms with Gasteiger partial charge in [0.25, 0.3) is 0 Å². The fourth-order valence-electron chi connectivity index (χ4n) is 4.96. The topological polar surface area (TPSA) is 64.6 Å². The zero-order valence-electron chi connectivity index (χ0n) is 15.3. The smallest absolute Gasteiger partial charge is 0.310 e. The van der Waals surface area contributed by atoms with Gasteiger partial charge in [0.1, 0.15) is 17.6 Å². The predicted molar refractivity (Wildman–Crippen MR) is 107 cm³/mol. The fraction of sp³-hybridized carbons (Fsp3) is 0.364. The van der Waals surface area contributed by atoms with Crippen LogP contribution in [0.1, 0.15) is 12.0 Å². The number of nitrogens with one attached hydrogen (secondary N) is 1. The van der Waals surface area contributed by atoms with Crippen LogP contribution in [-0.4, -0.2) is 22.8 Å². The Morgan fingerprint density at radius 1 is 1.14 bits per heavy atom. The van der Waals surface area contributed by atoms with E-state index < -0.39 is 0 Å². The summed E-state index contributed by atoms with van der Waals surface area (Å²) in [4.78, 5) is 25.2. The number of hydrogen-bond donors (Lipinski definition) is 1. The Bertz CT molecular complexity index is 944. The van der Waals surface area contributed by atoms with E-state index in [0.717, 1.165) is 17.7 Å². The molecule has 3 fully saturated rings. The molecule has 0 unspecified atom stereocenters. The van der Waals surface area contributed by atoms with Crippen LogP contribution in [0.2, 0.25) is 0 Å². The van der Waals surface area contributed by atoms with E-state index in [1.54, 1.807) is 0 Å². The first-order valence-electron chi connectivity index (χ1n) is 9.52. The van der Waals surface area contributed by atoms with Crippen LogP contribution in [0.5, 0.6) is 11.5 Å². The van der Waals surface area contributed by atoms with Crippen LogP contribution in [0.4, 0.5) is 5.69 Å². The van der Waals surface area contributed by atoms with Gasteiger partial charge in [0.15, 0.2) is 0 Å². The van der Waals surface area contributed by atoms with Crippen LogP contribution >= 0.6 is 15.9 Å². The fourth-order valence-corrected chi connectivity index (χ4v) is 6.00. The molecule has 144 valence electrons. The maximum atomic E-state index is 12.9. The summed E-state index contributed by atoms with van der Waals surface area (Å²) in [7, 11) is 0. The minimum atomic E-state index is -0.330. The molecule has 5 rings (SSSR count). The number of alkyl halides is 1. The lowest BCUT2D eigenvalue weighted by molar-refractivity contribution is -0.145. The quantitative estimate of drug-likeness (QED) is 0.567. The number of anilines is 1. The second-order valence-corrected chi connectivity index (χ2v) is 8.90. The average Bonchev–Trinajstić information content (AvgIpc) is 3.29. The molecule has 1 amide bonds. The zero-order chi connectivity index (χ0) is 19.4. The average molecular weight is 442 g/mol. The van der Waals surface area contributed by atoms with Crippen molar-refractivity contribution >= 4 is 33.5 Å². The highest BCUT2D eigenvalue weighted by Gasteiger charge is 2.67. The second kappa shape index (κ2) is 6.62. The molecule has 28 heavy (non-hydrogen) atoms. The number of benzene rings is 2. The number of rotatable bonds is 4. The van der Waals surface area contributed by atoms with E-state index in [1.807, 2.05) is 55.5 Å². The van der Waals surface area contributed by atoms with Crippen molar-refractivity contribution < 1.29 is 19.1 Å². The second-order valence-electron chi connectivity index (χ2n) is 7.84. The first-order chi connectivity index (χ1) is 13.5. The van der Waals surface area contributed by atoms with Gasteiger partial charge in [-0.15, -0.1) is 0 Å². The number of carbonyl (C=O) groups excluding carboxylic acids is 2. The first kappa shape index (κ1) is 17.7. The standard InChI is InChI=1S/C22H20BrNO4/c1-11-4-2-3-5-16(11)27-13-8-6-12(7-9-13)24-21(25)17-14-10-15-18(17)22(26)28-20(15)19(14)23/h2-9,14-15,17-20H,10H2,1H3,(H,24,25)/t14-,15-,17-,18+,19+,20+/m1/s1. The van der Waals surface area contributed by atoms with E-state index in [1.165, 1.54) is 0 Å². The maximum absolute atomic E-state index is 12.9. The number of ether oxygens (including phenoxy) is 2. The van der Waals surface area contributed by atoms with Crippen molar-refractivity contribution in [2.24, 2.45) is 23.7 Å². The van der Waals surface area contributed by atoms with Crippen LogP contribution < -0.4 is 10.1 Å². The Morgan fingerprint density at radius 2 is 1.89 bits per heavy atom. The molecule has 6 heteroatoms. The summed E-state index contributed by atoms with van der Waals surface area (Å²) < 4.78 is 11.4. The number of amides is 1. The van der Waals surface area contributed by atoms with Crippen molar-refractivity contribution in [3.8, 4) is 11.5 Å². The van der Waals surface area contributed by atoms with Crippen molar-refractivity contribution in [2.75, 3.05) is 5.32 Å². The van der Waals surface area contributed by atoms with E-state index in [0.29, 0.717) is 11.4 Å². The van der Waals surface area contributed by atoms with E-state index >= 15 is 0 Å².